The van der Waals surface area contributed by atoms with Crippen LogP contribution in [0.5, 0.6) is 5.75 Å². The molecule has 0 fully saturated rings. The second-order valence-corrected chi connectivity index (χ2v) is 6.79. The molecule has 1 atom stereocenters. The van der Waals surface area contributed by atoms with Gasteiger partial charge in [-0.15, -0.1) is 0 Å². The van der Waals surface area contributed by atoms with Crippen LogP contribution in [0, 0.1) is 0 Å². The van der Waals surface area contributed by atoms with Gasteiger partial charge in [-0.3, -0.25) is 0 Å². The Hall–Kier alpha value is -2.55. The van der Waals surface area contributed by atoms with E-state index < -0.39 is 41.2 Å². The van der Waals surface area contributed by atoms with Crippen LogP contribution in [0.2, 0.25) is 0 Å². The lowest BCUT2D eigenvalue weighted by atomic mass is 9.84. The molecule has 1 unspecified atom stereocenters. The number of aliphatic hydroxyl groups excluding tert-OH is 1. The number of hydrogen-bond acceptors (Lipinski definition) is 3. The minimum Gasteiger partial charge on any atom is -0.490 e. The van der Waals surface area contributed by atoms with E-state index in [0.29, 0.717) is 5.56 Å². The molecule has 0 spiro atoms. The monoisotopic (exact) mass is 403 g/mol. The predicted octanol–water partition coefficient (Wildman–Crippen LogP) is 4.99. The van der Waals surface area contributed by atoms with Crippen LogP contribution in [-0.2, 0) is 11.6 Å². The Morgan fingerprint density at radius 2 is 1.79 bits per heavy atom. The van der Waals surface area contributed by atoms with Crippen molar-refractivity contribution in [3.05, 3.63) is 53.7 Å². The summed E-state index contributed by atoms with van der Waals surface area (Å²) >= 11 is 0. The normalized spacial score (nSPS) is 19.3. The van der Waals surface area contributed by atoms with Gasteiger partial charge in [0.25, 0.3) is 0 Å². The van der Waals surface area contributed by atoms with Crippen LogP contribution in [0.4, 0.5) is 26.3 Å². The number of allylic oxidation sites excluding steroid dienone is 1. The number of alkyl halides is 6. The van der Waals surface area contributed by atoms with E-state index in [2.05, 4.69) is 11.6 Å². The first-order valence-electron chi connectivity index (χ1n) is 8.10. The molecule has 0 amide bonds. The zero-order chi connectivity index (χ0) is 20.9. The van der Waals surface area contributed by atoms with Gasteiger partial charge in [0.05, 0.1) is 28.9 Å². The molecule has 1 N–H and O–H groups in total. The lowest BCUT2D eigenvalue weighted by Crippen LogP contribution is -2.28. The summed E-state index contributed by atoms with van der Waals surface area (Å²) in [6, 6.07) is 5.01. The topological polar surface area (TPSA) is 42.4 Å². The van der Waals surface area contributed by atoms with Crippen molar-refractivity contribution in [2.45, 2.75) is 24.7 Å². The third-order valence-electron chi connectivity index (χ3n) is 4.64. The van der Waals surface area contributed by atoms with E-state index in [0.717, 1.165) is 30.3 Å². The Balaban J connectivity index is 2.20. The van der Waals surface area contributed by atoms with Gasteiger partial charge in [0.1, 0.15) is 18.1 Å². The van der Waals surface area contributed by atoms with Crippen molar-refractivity contribution in [3.8, 4) is 17.0 Å². The van der Waals surface area contributed by atoms with Crippen LogP contribution >= 0.6 is 0 Å². The first kappa shape index (κ1) is 20.2. The number of benzene rings is 1. The van der Waals surface area contributed by atoms with Crippen molar-refractivity contribution in [1.29, 1.82) is 0 Å². The fraction of sp³-hybridized carbons (Fsp3) is 0.316. The Labute approximate surface area is 156 Å². The number of rotatable bonds is 3. The number of aromatic nitrogens is 1. The zero-order valence-electron chi connectivity index (χ0n) is 14.6. The first-order chi connectivity index (χ1) is 12.9. The van der Waals surface area contributed by atoms with Gasteiger partial charge in [0.15, 0.2) is 0 Å². The maximum Gasteiger partial charge on any atom is 0.417 e. The summed E-state index contributed by atoms with van der Waals surface area (Å²) in [5.41, 5.74) is -3.14. The van der Waals surface area contributed by atoms with E-state index in [1.54, 1.807) is 6.92 Å². The molecule has 0 bridgehead atoms. The molecule has 28 heavy (non-hydrogen) atoms. The van der Waals surface area contributed by atoms with Gasteiger partial charge < -0.3 is 9.84 Å². The fourth-order valence-electron chi connectivity index (χ4n) is 2.88. The molecule has 0 saturated heterocycles. The van der Waals surface area contributed by atoms with E-state index in [1.807, 2.05) is 0 Å². The molecule has 0 saturated carbocycles. The zero-order valence-corrected chi connectivity index (χ0v) is 14.6. The van der Waals surface area contributed by atoms with Crippen LogP contribution in [0.3, 0.4) is 0 Å². The Morgan fingerprint density at radius 3 is 2.29 bits per heavy atom. The molecule has 1 aromatic carbocycles. The van der Waals surface area contributed by atoms with E-state index >= 15 is 0 Å². The maximum absolute atomic E-state index is 13.1. The molecule has 150 valence electrons. The summed E-state index contributed by atoms with van der Waals surface area (Å²) in [5, 5.41) is 9.68. The van der Waals surface area contributed by atoms with Crippen molar-refractivity contribution in [2.24, 2.45) is 0 Å². The average Bonchev–Trinajstić information content (AvgIpc) is 2.96. The van der Waals surface area contributed by atoms with Gasteiger partial charge >= 0.3 is 12.4 Å². The van der Waals surface area contributed by atoms with Crippen LogP contribution in [0.25, 0.3) is 16.8 Å². The summed E-state index contributed by atoms with van der Waals surface area (Å²) in [6.45, 7) is 4.25. The molecule has 2 aromatic rings. The molecular formula is C19H15F6NO2. The summed E-state index contributed by atoms with van der Waals surface area (Å²) in [4.78, 5) is 3.97. The number of pyridine rings is 1. The van der Waals surface area contributed by atoms with Crippen LogP contribution < -0.4 is 4.74 Å². The maximum atomic E-state index is 13.1. The number of hydrogen-bond donors (Lipinski definition) is 1. The largest absolute Gasteiger partial charge is 0.490 e. The Kier molecular flexibility index (Phi) is 4.69. The molecule has 1 aliphatic heterocycles. The van der Waals surface area contributed by atoms with Crippen LogP contribution in [0.15, 0.2) is 36.9 Å². The summed E-state index contributed by atoms with van der Waals surface area (Å²) < 4.78 is 83.3. The van der Waals surface area contributed by atoms with Crippen molar-refractivity contribution in [3.63, 3.8) is 0 Å². The lowest BCUT2D eigenvalue weighted by Gasteiger charge is -2.20. The highest BCUT2D eigenvalue weighted by molar-refractivity contribution is 5.75. The van der Waals surface area contributed by atoms with E-state index in [-0.39, 0.29) is 23.6 Å². The van der Waals surface area contributed by atoms with Gasteiger partial charge in [-0.25, -0.2) is 4.98 Å². The number of halogens is 6. The first-order valence-corrected chi connectivity index (χ1v) is 8.10. The molecule has 1 aliphatic rings. The molecule has 1 aromatic heterocycles. The number of aliphatic hydroxyl groups is 1. The van der Waals surface area contributed by atoms with E-state index in [1.165, 1.54) is 0 Å². The Bertz CT molecular complexity index is 918. The predicted molar refractivity (Wildman–Crippen MR) is 89.7 cm³/mol. The van der Waals surface area contributed by atoms with Crippen molar-refractivity contribution in [1.82, 2.24) is 4.98 Å². The van der Waals surface area contributed by atoms with Gasteiger partial charge in [0, 0.05) is 11.1 Å². The quantitative estimate of drug-likeness (QED) is 0.735. The SMILES string of the molecule is C=C(c1cc2c(c(-c3ccc(C(F)(F)F)cc3)n1)OCC2(C)CO)C(F)(F)F. The smallest absolute Gasteiger partial charge is 0.417 e. The standard InChI is InChI=1S/C19H15F6NO2/c1-10(18(20,21)22)14-7-13-16(28-9-17(13,2)8-27)15(26-14)11-3-5-12(6-4-11)19(23,24)25/h3-7,27H,1,8-9H2,2H3. The van der Waals surface area contributed by atoms with Crippen molar-refractivity contribution < 1.29 is 36.2 Å². The van der Waals surface area contributed by atoms with Crippen LogP contribution in [0.1, 0.15) is 23.7 Å². The molecule has 9 heteroatoms. The average molecular weight is 403 g/mol. The summed E-state index contributed by atoms with van der Waals surface area (Å²) in [5.74, 6) is 0.134. The highest BCUT2D eigenvalue weighted by Crippen LogP contribution is 2.46. The van der Waals surface area contributed by atoms with Crippen molar-refractivity contribution >= 4 is 5.57 Å². The molecule has 2 heterocycles. The number of ether oxygens (including phenoxy) is 1. The summed E-state index contributed by atoms with van der Waals surface area (Å²) in [7, 11) is 0. The third-order valence-corrected chi connectivity index (χ3v) is 4.64. The highest BCUT2D eigenvalue weighted by atomic mass is 19.4. The molecular weight excluding hydrogens is 388 g/mol. The molecule has 0 radical (unpaired) electrons. The molecule has 3 rings (SSSR count). The van der Waals surface area contributed by atoms with Gasteiger partial charge in [0.2, 0.25) is 0 Å². The Morgan fingerprint density at radius 1 is 1.18 bits per heavy atom. The second-order valence-electron chi connectivity index (χ2n) is 6.79. The number of fused-ring (bicyclic) bond motifs is 1. The second kappa shape index (κ2) is 6.51. The minimum absolute atomic E-state index is 0.00387. The summed E-state index contributed by atoms with van der Waals surface area (Å²) in [6.07, 6.45) is -9.29. The molecule has 0 aliphatic carbocycles. The van der Waals surface area contributed by atoms with E-state index in [4.69, 9.17) is 4.74 Å². The molecule has 3 nitrogen and oxygen atoms in total. The number of nitrogens with zero attached hydrogens (tertiary/aromatic N) is 1. The van der Waals surface area contributed by atoms with Gasteiger partial charge in [-0.1, -0.05) is 18.7 Å². The third kappa shape index (κ3) is 3.46. The lowest BCUT2D eigenvalue weighted by molar-refractivity contribution is -0.137. The highest BCUT2D eigenvalue weighted by Gasteiger charge is 2.41. The fourth-order valence-corrected chi connectivity index (χ4v) is 2.88. The van der Waals surface area contributed by atoms with Gasteiger partial charge in [-0.05, 0) is 25.1 Å². The van der Waals surface area contributed by atoms with E-state index in [9.17, 15) is 31.4 Å². The minimum atomic E-state index is -4.74. The van der Waals surface area contributed by atoms with Gasteiger partial charge in [-0.2, -0.15) is 26.3 Å². The van der Waals surface area contributed by atoms with Crippen molar-refractivity contribution in [2.75, 3.05) is 13.2 Å². The van der Waals surface area contributed by atoms with Crippen LogP contribution in [-0.4, -0.2) is 29.5 Å².